The smallest absolute Gasteiger partial charge is 0.246 e. The lowest BCUT2D eigenvalue weighted by Gasteiger charge is -2.10. The zero-order chi connectivity index (χ0) is 22.1. The van der Waals surface area contributed by atoms with Crippen molar-refractivity contribution in [1.29, 1.82) is 0 Å². The van der Waals surface area contributed by atoms with E-state index in [0.29, 0.717) is 24.2 Å². The molecule has 30 heavy (non-hydrogen) atoms. The summed E-state index contributed by atoms with van der Waals surface area (Å²) in [5.74, 6) is 0.0554. The fourth-order valence-corrected chi connectivity index (χ4v) is 3.14. The normalized spacial score (nSPS) is 15.1. The van der Waals surface area contributed by atoms with E-state index >= 15 is 0 Å². The molecule has 0 spiro atoms. The molecule has 160 valence electrons. The molecule has 1 amide bonds. The molecule has 7 heteroatoms. The minimum absolute atomic E-state index is 0.167. The van der Waals surface area contributed by atoms with Crippen molar-refractivity contribution in [3.8, 4) is 17.0 Å². The van der Waals surface area contributed by atoms with Gasteiger partial charge in [-0.3, -0.25) is 4.79 Å². The Morgan fingerprint density at radius 2 is 2.10 bits per heavy atom. The van der Waals surface area contributed by atoms with Gasteiger partial charge in [-0.25, -0.2) is 4.39 Å². The van der Waals surface area contributed by atoms with Crippen molar-refractivity contribution in [2.75, 3.05) is 13.1 Å². The van der Waals surface area contributed by atoms with Gasteiger partial charge < -0.3 is 15.0 Å². The highest BCUT2D eigenvalue weighted by Crippen LogP contribution is 2.29. The lowest BCUT2D eigenvalue weighted by molar-refractivity contribution is -0.125. The van der Waals surface area contributed by atoms with Crippen LogP contribution in [0.2, 0.25) is 0 Å². The van der Waals surface area contributed by atoms with Gasteiger partial charge in [0.2, 0.25) is 5.91 Å². The van der Waals surface area contributed by atoms with Crippen LogP contribution >= 0.6 is 0 Å². The average Bonchev–Trinajstić information content (AvgIpc) is 3.41. The lowest BCUT2D eigenvalue weighted by Crippen LogP contribution is -2.26. The van der Waals surface area contributed by atoms with E-state index in [-0.39, 0.29) is 18.2 Å². The molecule has 0 bridgehead atoms. The number of carbonyl (C=O) groups excluding carboxylic acids is 1. The van der Waals surface area contributed by atoms with Crippen molar-refractivity contribution in [2.45, 2.75) is 39.8 Å². The molecular formula is C23H29FN4O2. The molecule has 1 aromatic carbocycles. The third-order valence-electron chi connectivity index (χ3n) is 4.70. The summed E-state index contributed by atoms with van der Waals surface area (Å²) in [5, 5.41) is 19.2. The third kappa shape index (κ3) is 5.43. The molecule has 1 aliphatic rings. The molecule has 3 heterocycles. The molecule has 2 N–H and O–H groups in total. The van der Waals surface area contributed by atoms with E-state index in [1.165, 1.54) is 16.5 Å². The summed E-state index contributed by atoms with van der Waals surface area (Å²) < 4.78 is 12.4. The van der Waals surface area contributed by atoms with Crippen LogP contribution in [0.1, 0.15) is 32.8 Å². The second-order valence-electron chi connectivity index (χ2n) is 6.55. The lowest BCUT2D eigenvalue weighted by atomic mass is 10.1. The number of aromatic hydroxyl groups is 1. The number of halogens is 1. The van der Waals surface area contributed by atoms with Crippen molar-refractivity contribution in [3.05, 3.63) is 54.7 Å². The topological polar surface area (TPSA) is 82.1 Å². The third-order valence-corrected chi connectivity index (χ3v) is 4.70. The Kier molecular flexibility index (Phi) is 8.53. The summed E-state index contributed by atoms with van der Waals surface area (Å²) in [5.41, 5.74) is 3.38. The number of benzene rings is 1. The number of fused-ring (bicyclic) bond motifs is 1. The fourth-order valence-electron chi connectivity index (χ4n) is 3.14. The van der Waals surface area contributed by atoms with Crippen molar-refractivity contribution < 1.29 is 14.3 Å². The molecule has 1 atom stereocenters. The van der Waals surface area contributed by atoms with Crippen LogP contribution in [0.3, 0.4) is 0 Å². The first-order valence-electron chi connectivity index (χ1n) is 10.2. The molecule has 2 aromatic heterocycles. The zero-order valence-corrected chi connectivity index (χ0v) is 17.7. The number of carbonyl (C=O) groups is 1. The highest BCUT2D eigenvalue weighted by molar-refractivity contribution is 5.87. The van der Waals surface area contributed by atoms with Crippen LogP contribution in [0.25, 0.3) is 22.3 Å². The average molecular weight is 413 g/mol. The molecule has 6 nitrogen and oxygen atoms in total. The highest BCUT2D eigenvalue weighted by Gasteiger charge is 2.23. The maximum atomic E-state index is 12.4. The van der Waals surface area contributed by atoms with E-state index in [1.54, 1.807) is 12.1 Å². The Bertz CT molecular complexity index is 986. The number of likely N-dealkylation sites (tertiary alicyclic amines) is 1. The number of nitrogens with one attached hydrogen (secondary N) is 1. The van der Waals surface area contributed by atoms with Crippen molar-refractivity contribution in [1.82, 2.24) is 20.1 Å². The van der Waals surface area contributed by atoms with E-state index in [1.807, 2.05) is 38.2 Å². The maximum Gasteiger partial charge on any atom is 0.246 e. The van der Waals surface area contributed by atoms with E-state index in [2.05, 4.69) is 28.7 Å². The number of aromatic amines is 1. The van der Waals surface area contributed by atoms with Crippen LogP contribution < -0.4 is 0 Å². The second kappa shape index (κ2) is 11.1. The van der Waals surface area contributed by atoms with Gasteiger partial charge in [0.15, 0.2) is 5.65 Å². The van der Waals surface area contributed by atoms with Crippen LogP contribution in [0, 0.1) is 0 Å². The molecule has 1 fully saturated rings. The van der Waals surface area contributed by atoms with Crippen LogP contribution in [0.15, 0.2) is 49.2 Å². The minimum atomic E-state index is -0.830. The van der Waals surface area contributed by atoms with Gasteiger partial charge in [0.1, 0.15) is 11.9 Å². The predicted octanol–water partition coefficient (Wildman–Crippen LogP) is 4.66. The van der Waals surface area contributed by atoms with Gasteiger partial charge in [0, 0.05) is 23.7 Å². The summed E-state index contributed by atoms with van der Waals surface area (Å²) in [7, 11) is 0. The first-order chi connectivity index (χ1) is 14.5. The summed E-state index contributed by atoms with van der Waals surface area (Å²) in [6.07, 6.45) is 3.75. The number of phenols is 1. The van der Waals surface area contributed by atoms with Crippen LogP contribution in [-0.2, 0) is 11.2 Å². The van der Waals surface area contributed by atoms with Gasteiger partial charge in [0.05, 0.1) is 12.2 Å². The van der Waals surface area contributed by atoms with Crippen LogP contribution in [0.5, 0.6) is 5.75 Å². The van der Waals surface area contributed by atoms with Gasteiger partial charge >= 0.3 is 0 Å². The highest BCUT2D eigenvalue weighted by atomic mass is 19.1. The van der Waals surface area contributed by atoms with Gasteiger partial charge in [-0.05, 0) is 42.7 Å². The quantitative estimate of drug-likeness (QED) is 0.613. The Hall–Kier alpha value is -3.22. The standard InChI is InChI=1S/C14H13N3O.C7H10FNO.C2H6/c1-2-9-8-15-14-11(9)7-12(16-17-14)10-5-3-4-6-13(10)18;1-2-7(10)9-4-3-6(8)5-9;1-2/h3-8,18H,2H2,1H3,(H,15,17);2,6H,1,3-5H2;1-2H3. The van der Waals surface area contributed by atoms with Crippen molar-refractivity contribution >= 4 is 16.9 Å². The number of aromatic nitrogens is 3. The number of alkyl halides is 1. The van der Waals surface area contributed by atoms with E-state index in [0.717, 1.165) is 17.5 Å². The van der Waals surface area contributed by atoms with E-state index in [4.69, 9.17) is 0 Å². The second-order valence-corrected chi connectivity index (χ2v) is 6.55. The number of phenolic OH excluding ortho intramolecular Hbond substituents is 1. The van der Waals surface area contributed by atoms with Crippen molar-refractivity contribution in [2.24, 2.45) is 0 Å². The first-order valence-corrected chi connectivity index (χ1v) is 10.2. The van der Waals surface area contributed by atoms with Gasteiger partial charge in [-0.2, -0.15) is 0 Å². The molecule has 0 saturated carbocycles. The number of nitrogens with zero attached hydrogens (tertiary/aromatic N) is 3. The molecule has 0 radical (unpaired) electrons. The molecule has 4 rings (SSSR count). The van der Waals surface area contributed by atoms with E-state index in [9.17, 15) is 14.3 Å². The Balaban J connectivity index is 0.000000228. The largest absolute Gasteiger partial charge is 0.507 e. The molecule has 3 aromatic rings. The monoisotopic (exact) mass is 412 g/mol. The van der Waals surface area contributed by atoms with Crippen LogP contribution in [0.4, 0.5) is 4.39 Å². The number of hydrogen-bond acceptors (Lipinski definition) is 4. The number of para-hydroxylation sites is 1. The maximum absolute atomic E-state index is 12.4. The summed E-state index contributed by atoms with van der Waals surface area (Å²) in [6, 6.07) is 9.12. The molecule has 1 aliphatic heterocycles. The number of amides is 1. The first kappa shape index (κ1) is 23.1. The fraction of sp³-hybridized carbons (Fsp3) is 0.348. The van der Waals surface area contributed by atoms with Gasteiger partial charge in [-0.1, -0.05) is 39.5 Å². The SMILES string of the molecule is C=CC(=O)N1CCC(F)C1.CC.CCc1c[nH]c2nnc(-c3ccccc3O)cc12. The molecule has 1 saturated heterocycles. The molecule has 1 unspecified atom stereocenters. The van der Waals surface area contributed by atoms with Crippen molar-refractivity contribution in [3.63, 3.8) is 0 Å². The minimum Gasteiger partial charge on any atom is -0.507 e. The van der Waals surface area contributed by atoms with Gasteiger partial charge in [0.25, 0.3) is 0 Å². The Morgan fingerprint density at radius 3 is 2.70 bits per heavy atom. The van der Waals surface area contributed by atoms with Crippen LogP contribution in [-0.4, -0.2) is 50.4 Å². The number of rotatable bonds is 3. The summed E-state index contributed by atoms with van der Waals surface area (Å²) in [6.45, 7) is 10.2. The predicted molar refractivity (Wildman–Crippen MR) is 118 cm³/mol. The summed E-state index contributed by atoms with van der Waals surface area (Å²) in [4.78, 5) is 15.4. The Morgan fingerprint density at radius 1 is 1.37 bits per heavy atom. The Labute approximate surface area is 176 Å². The summed E-state index contributed by atoms with van der Waals surface area (Å²) >= 11 is 0. The number of H-pyrrole nitrogens is 1. The number of hydrogen-bond donors (Lipinski definition) is 2. The zero-order valence-electron chi connectivity index (χ0n) is 17.7. The molecule has 0 aliphatic carbocycles. The molecular weight excluding hydrogens is 383 g/mol. The number of aryl methyl sites for hydroxylation is 1. The van der Waals surface area contributed by atoms with Gasteiger partial charge in [-0.15, -0.1) is 10.2 Å². The van der Waals surface area contributed by atoms with E-state index < -0.39 is 6.17 Å².